The first-order valence-corrected chi connectivity index (χ1v) is 7.89. The summed E-state index contributed by atoms with van der Waals surface area (Å²) in [6.07, 6.45) is 4.49. The van der Waals surface area contributed by atoms with Crippen molar-refractivity contribution in [2.45, 2.75) is 31.7 Å². The van der Waals surface area contributed by atoms with E-state index in [1.54, 1.807) is 4.90 Å². The molecule has 6 heteroatoms. The molecule has 1 aromatic carbocycles. The number of urea groups is 1. The van der Waals surface area contributed by atoms with Gasteiger partial charge in [0.15, 0.2) is 0 Å². The summed E-state index contributed by atoms with van der Waals surface area (Å²) in [5, 5.41) is 3.07. The summed E-state index contributed by atoms with van der Waals surface area (Å²) in [7, 11) is 0. The monoisotopic (exact) mass is 309 g/mol. The quantitative estimate of drug-likeness (QED) is 0.912. The van der Waals surface area contributed by atoms with Crippen LogP contribution in [0.2, 0.25) is 0 Å². The number of amides is 2. The van der Waals surface area contributed by atoms with Crippen LogP contribution in [0.4, 0.5) is 19.3 Å². The van der Waals surface area contributed by atoms with E-state index < -0.39 is 11.6 Å². The number of anilines is 1. The van der Waals surface area contributed by atoms with Crippen LogP contribution in [0.5, 0.6) is 0 Å². The van der Waals surface area contributed by atoms with E-state index in [0.29, 0.717) is 37.9 Å². The second kappa shape index (κ2) is 6.50. The summed E-state index contributed by atoms with van der Waals surface area (Å²) in [6, 6.07) is 3.90. The normalized spacial score (nSPS) is 19.5. The Bertz CT molecular complexity index is 538. The van der Waals surface area contributed by atoms with Crippen LogP contribution in [0.25, 0.3) is 0 Å². The fourth-order valence-corrected chi connectivity index (χ4v) is 3.22. The first-order valence-electron chi connectivity index (χ1n) is 7.89. The zero-order valence-electron chi connectivity index (χ0n) is 12.5. The van der Waals surface area contributed by atoms with Gasteiger partial charge in [-0.25, -0.2) is 13.6 Å². The molecular weight excluding hydrogens is 288 g/mol. The highest BCUT2D eigenvalue weighted by Crippen LogP contribution is 2.22. The molecule has 0 atom stereocenters. The van der Waals surface area contributed by atoms with E-state index in [0.717, 1.165) is 18.9 Å². The van der Waals surface area contributed by atoms with Crippen molar-refractivity contribution < 1.29 is 13.6 Å². The van der Waals surface area contributed by atoms with E-state index in [1.807, 2.05) is 4.90 Å². The van der Waals surface area contributed by atoms with E-state index in [4.69, 9.17) is 0 Å². The van der Waals surface area contributed by atoms with Gasteiger partial charge < -0.3 is 15.1 Å². The fraction of sp³-hybridized carbons (Fsp3) is 0.562. The molecule has 0 bridgehead atoms. The Balaban J connectivity index is 1.54. The van der Waals surface area contributed by atoms with Crippen molar-refractivity contribution in [1.29, 1.82) is 0 Å². The van der Waals surface area contributed by atoms with Gasteiger partial charge in [-0.05, 0) is 25.0 Å². The van der Waals surface area contributed by atoms with Gasteiger partial charge >= 0.3 is 6.03 Å². The largest absolute Gasteiger partial charge is 0.366 e. The van der Waals surface area contributed by atoms with E-state index >= 15 is 0 Å². The van der Waals surface area contributed by atoms with E-state index in [9.17, 15) is 13.6 Å². The summed E-state index contributed by atoms with van der Waals surface area (Å²) < 4.78 is 26.7. The van der Waals surface area contributed by atoms with Gasteiger partial charge in [0, 0.05) is 38.3 Å². The highest BCUT2D eigenvalue weighted by Gasteiger charge is 2.25. The summed E-state index contributed by atoms with van der Waals surface area (Å²) >= 11 is 0. The standard InChI is InChI=1S/C16H21F2N3O/c17-12-5-6-15(14(18)11-12)20-7-9-21(10-8-20)16(22)19-13-3-1-2-4-13/h5-6,11,13H,1-4,7-10H2,(H,19,22). The Morgan fingerprint density at radius 2 is 1.77 bits per heavy atom. The van der Waals surface area contributed by atoms with Crippen molar-refractivity contribution in [2.75, 3.05) is 31.1 Å². The fourth-order valence-electron chi connectivity index (χ4n) is 3.22. The number of nitrogens with one attached hydrogen (secondary N) is 1. The molecular formula is C16H21F2N3O. The van der Waals surface area contributed by atoms with Crippen molar-refractivity contribution in [3.63, 3.8) is 0 Å². The third-order valence-corrected chi connectivity index (χ3v) is 4.50. The third-order valence-electron chi connectivity index (χ3n) is 4.50. The van der Waals surface area contributed by atoms with Crippen LogP contribution >= 0.6 is 0 Å². The van der Waals surface area contributed by atoms with Crippen LogP contribution in [0.15, 0.2) is 18.2 Å². The SMILES string of the molecule is O=C(NC1CCCC1)N1CCN(c2ccc(F)cc2F)CC1. The lowest BCUT2D eigenvalue weighted by Gasteiger charge is -2.36. The van der Waals surface area contributed by atoms with Crippen molar-refractivity contribution in [3.05, 3.63) is 29.8 Å². The van der Waals surface area contributed by atoms with Crippen molar-refractivity contribution in [3.8, 4) is 0 Å². The third kappa shape index (κ3) is 3.31. The van der Waals surface area contributed by atoms with Crippen LogP contribution in [0, 0.1) is 11.6 Å². The average molecular weight is 309 g/mol. The Labute approximate surface area is 129 Å². The number of carbonyl (C=O) groups is 1. The molecule has 1 aliphatic carbocycles. The van der Waals surface area contributed by atoms with Gasteiger partial charge in [-0.15, -0.1) is 0 Å². The van der Waals surface area contributed by atoms with Crippen LogP contribution in [-0.2, 0) is 0 Å². The molecule has 120 valence electrons. The van der Waals surface area contributed by atoms with Gasteiger partial charge in [-0.2, -0.15) is 0 Å². The van der Waals surface area contributed by atoms with Crippen molar-refractivity contribution in [1.82, 2.24) is 10.2 Å². The Hall–Kier alpha value is -1.85. The molecule has 2 fully saturated rings. The second-order valence-corrected chi connectivity index (χ2v) is 6.00. The van der Waals surface area contributed by atoms with Crippen molar-refractivity contribution >= 4 is 11.7 Å². The predicted molar refractivity (Wildman–Crippen MR) is 80.9 cm³/mol. The minimum absolute atomic E-state index is 0.0221. The molecule has 1 N–H and O–H groups in total. The van der Waals surface area contributed by atoms with Gasteiger partial charge in [0.2, 0.25) is 0 Å². The molecule has 1 heterocycles. The average Bonchev–Trinajstić information content (AvgIpc) is 3.00. The van der Waals surface area contributed by atoms with Gasteiger partial charge in [-0.3, -0.25) is 0 Å². The number of hydrogen-bond acceptors (Lipinski definition) is 2. The molecule has 2 aliphatic rings. The molecule has 1 saturated heterocycles. The van der Waals surface area contributed by atoms with Crippen LogP contribution in [0.3, 0.4) is 0 Å². The number of halogens is 2. The molecule has 0 spiro atoms. The molecule has 4 nitrogen and oxygen atoms in total. The van der Waals surface area contributed by atoms with Crippen LogP contribution < -0.4 is 10.2 Å². The first-order chi connectivity index (χ1) is 10.6. The minimum Gasteiger partial charge on any atom is -0.366 e. The highest BCUT2D eigenvalue weighted by molar-refractivity contribution is 5.75. The Morgan fingerprint density at radius 3 is 2.41 bits per heavy atom. The zero-order chi connectivity index (χ0) is 15.5. The van der Waals surface area contributed by atoms with E-state index in [2.05, 4.69) is 5.32 Å². The van der Waals surface area contributed by atoms with E-state index in [-0.39, 0.29) is 6.03 Å². The van der Waals surface area contributed by atoms with Gasteiger partial charge in [0.05, 0.1) is 5.69 Å². The molecule has 1 saturated carbocycles. The highest BCUT2D eigenvalue weighted by atomic mass is 19.1. The number of hydrogen-bond donors (Lipinski definition) is 1. The Morgan fingerprint density at radius 1 is 1.09 bits per heavy atom. The number of benzene rings is 1. The van der Waals surface area contributed by atoms with Gasteiger partial charge in [0.1, 0.15) is 11.6 Å². The summed E-state index contributed by atoms with van der Waals surface area (Å²) in [5.74, 6) is -1.13. The minimum atomic E-state index is -0.573. The maximum atomic E-state index is 13.8. The zero-order valence-corrected chi connectivity index (χ0v) is 12.5. The molecule has 1 aliphatic heterocycles. The molecule has 0 unspecified atom stereocenters. The lowest BCUT2D eigenvalue weighted by atomic mass is 10.2. The van der Waals surface area contributed by atoms with Gasteiger partial charge in [0.25, 0.3) is 0 Å². The first kappa shape index (κ1) is 15.1. The van der Waals surface area contributed by atoms with Crippen LogP contribution in [0.1, 0.15) is 25.7 Å². The van der Waals surface area contributed by atoms with Crippen LogP contribution in [-0.4, -0.2) is 43.2 Å². The lowest BCUT2D eigenvalue weighted by molar-refractivity contribution is 0.190. The number of carbonyl (C=O) groups excluding carboxylic acids is 1. The number of nitrogens with zero attached hydrogens (tertiary/aromatic N) is 2. The topological polar surface area (TPSA) is 35.6 Å². The lowest BCUT2D eigenvalue weighted by Crippen LogP contribution is -2.53. The molecule has 1 aromatic rings. The molecule has 0 radical (unpaired) electrons. The Kier molecular flexibility index (Phi) is 4.45. The predicted octanol–water partition coefficient (Wildman–Crippen LogP) is 2.74. The summed E-state index contributed by atoms with van der Waals surface area (Å²) in [6.45, 7) is 2.21. The summed E-state index contributed by atoms with van der Waals surface area (Å²) in [5.41, 5.74) is 0.400. The van der Waals surface area contributed by atoms with E-state index in [1.165, 1.54) is 25.0 Å². The molecule has 3 rings (SSSR count). The smallest absolute Gasteiger partial charge is 0.317 e. The van der Waals surface area contributed by atoms with Gasteiger partial charge in [-0.1, -0.05) is 12.8 Å². The second-order valence-electron chi connectivity index (χ2n) is 6.00. The molecule has 2 amide bonds. The summed E-state index contributed by atoms with van der Waals surface area (Å²) in [4.78, 5) is 15.8. The maximum absolute atomic E-state index is 13.8. The molecule has 22 heavy (non-hydrogen) atoms. The molecule has 0 aromatic heterocycles. The maximum Gasteiger partial charge on any atom is 0.317 e. The number of rotatable bonds is 2. The number of piperazine rings is 1. The van der Waals surface area contributed by atoms with Crippen molar-refractivity contribution in [2.24, 2.45) is 0 Å².